The summed E-state index contributed by atoms with van der Waals surface area (Å²) in [6, 6.07) is 3.03. The standard InChI is InChI=1S/C13H16FN3O4/c1-3-5-11(13(18)21-4-2)16-15-10-7-6-9(14)8-12(10)17(19)20/h6-8,15H,3-5H2,1-2H3/b16-11+. The van der Waals surface area contributed by atoms with E-state index >= 15 is 0 Å². The maximum absolute atomic E-state index is 13.0. The first kappa shape index (κ1) is 16.5. The number of nitro benzene ring substituents is 1. The summed E-state index contributed by atoms with van der Waals surface area (Å²) in [6.45, 7) is 3.73. The number of ether oxygens (including phenoxy) is 1. The lowest BCUT2D eigenvalue weighted by Gasteiger charge is -2.06. The second-order valence-electron chi connectivity index (χ2n) is 4.06. The Bertz CT molecular complexity index is 560. The number of nitrogens with one attached hydrogen (secondary N) is 1. The fourth-order valence-electron chi connectivity index (χ4n) is 1.53. The van der Waals surface area contributed by atoms with Gasteiger partial charge in [0.15, 0.2) is 0 Å². The fraction of sp³-hybridized carbons (Fsp3) is 0.385. The fourth-order valence-corrected chi connectivity index (χ4v) is 1.53. The van der Waals surface area contributed by atoms with Crippen LogP contribution in [0, 0.1) is 15.9 Å². The molecule has 114 valence electrons. The van der Waals surface area contributed by atoms with Gasteiger partial charge in [-0.25, -0.2) is 9.18 Å². The monoisotopic (exact) mass is 297 g/mol. The first-order chi connectivity index (χ1) is 9.99. The minimum atomic E-state index is -0.731. The molecule has 1 rings (SSSR count). The summed E-state index contributed by atoms with van der Waals surface area (Å²) in [4.78, 5) is 21.7. The minimum absolute atomic E-state index is 0.000647. The Hall–Kier alpha value is -2.51. The normalized spacial score (nSPS) is 11.1. The molecule has 0 aromatic heterocycles. The van der Waals surface area contributed by atoms with Crippen LogP contribution in [-0.4, -0.2) is 23.2 Å². The summed E-state index contributed by atoms with van der Waals surface area (Å²) in [5.41, 5.74) is 2.09. The van der Waals surface area contributed by atoms with Crippen molar-refractivity contribution in [3.05, 3.63) is 34.1 Å². The second-order valence-corrected chi connectivity index (χ2v) is 4.06. The highest BCUT2D eigenvalue weighted by Crippen LogP contribution is 2.25. The molecule has 0 spiro atoms. The molecule has 0 radical (unpaired) electrons. The van der Waals surface area contributed by atoms with Gasteiger partial charge in [-0.3, -0.25) is 15.5 Å². The highest BCUT2D eigenvalue weighted by molar-refractivity contribution is 6.36. The zero-order chi connectivity index (χ0) is 15.8. The Morgan fingerprint density at radius 3 is 2.76 bits per heavy atom. The molecule has 0 aliphatic rings. The van der Waals surface area contributed by atoms with E-state index in [4.69, 9.17) is 4.74 Å². The van der Waals surface area contributed by atoms with Gasteiger partial charge in [-0.1, -0.05) is 13.3 Å². The largest absolute Gasteiger partial charge is 0.461 e. The smallest absolute Gasteiger partial charge is 0.354 e. The number of esters is 1. The lowest BCUT2D eigenvalue weighted by molar-refractivity contribution is -0.384. The number of anilines is 1. The number of hydrogen-bond donors (Lipinski definition) is 1. The van der Waals surface area contributed by atoms with Gasteiger partial charge in [0.2, 0.25) is 0 Å². The summed E-state index contributed by atoms with van der Waals surface area (Å²) >= 11 is 0. The molecule has 21 heavy (non-hydrogen) atoms. The van der Waals surface area contributed by atoms with Crippen LogP contribution in [0.15, 0.2) is 23.3 Å². The van der Waals surface area contributed by atoms with Crippen molar-refractivity contribution in [3.8, 4) is 0 Å². The van der Waals surface area contributed by atoms with Gasteiger partial charge in [0.25, 0.3) is 5.69 Å². The Kier molecular flexibility index (Phi) is 6.25. The third kappa shape index (κ3) is 4.83. The van der Waals surface area contributed by atoms with Crippen molar-refractivity contribution in [1.29, 1.82) is 0 Å². The van der Waals surface area contributed by atoms with E-state index in [2.05, 4.69) is 10.5 Å². The predicted octanol–water partition coefficient (Wildman–Crippen LogP) is 2.87. The van der Waals surface area contributed by atoms with Crippen LogP contribution in [0.2, 0.25) is 0 Å². The SMILES string of the molecule is CCC/C(=N\Nc1ccc(F)cc1[N+](=O)[O-])C(=O)OCC. The van der Waals surface area contributed by atoms with Gasteiger partial charge in [0, 0.05) is 0 Å². The molecule has 0 unspecified atom stereocenters. The number of carbonyl (C=O) groups excluding carboxylic acids is 1. The Balaban J connectivity index is 3.00. The van der Waals surface area contributed by atoms with E-state index in [-0.39, 0.29) is 18.0 Å². The first-order valence-corrected chi connectivity index (χ1v) is 6.43. The van der Waals surface area contributed by atoms with Crippen molar-refractivity contribution in [2.75, 3.05) is 12.0 Å². The molecule has 8 heteroatoms. The number of hydrogen-bond acceptors (Lipinski definition) is 6. The Morgan fingerprint density at radius 1 is 1.48 bits per heavy atom. The number of benzene rings is 1. The van der Waals surface area contributed by atoms with Gasteiger partial charge in [0.1, 0.15) is 17.2 Å². The number of hydrazone groups is 1. The first-order valence-electron chi connectivity index (χ1n) is 6.43. The van der Waals surface area contributed by atoms with Crippen LogP contribution in [0.3, 0.4) is 0 Å². The van der Waals surface area contributed by atoms with Crippen LogP contribution in [0.25, 0.3) is 0 Å². The number of carbonyl (C=O) groups is 1. The quantitative estimate of drug-likeness (QED) is 0.361. The van der Waals surface area contributed by atoms with Crippen molar-refractivity contribution in [2.45, 2.75) is 26.7 Å². The summed E-state index contributed by atoms with van der Waals surface area (Å²) in [5.74, 6) is -1.31. The molecule has 1 N–H and O–H groups in total. The van der Waals surface area contributed by atoms with Crippen molar-refractivity contribution in [1.82, 2.24) is 0 Å². The van der Waals surface area contributed by atoms with Crippen LogP contribution in [0.4, 0.5) is 15.8 Å². The maximum atomic E-state index is 13.0. The third-order valence-electron chi connectivity index (χ3n) is 2.47. The average molecular weight is 297 g/mol. The van der Waals surface area contributed by atoms with Crippen molar-refractivity contribution in [3.63, 3.8) is 0 Å². The van der Waals surface area contributed by atoms with Gasteiger partial charge in [-0.05, 0) is 25.5 Å². The van der Waals surface area contributed by atoms with Crippen LogP contribution < -0.4 is 5.43 Å². The topological polar surface area (TPSA) is 93.8 Å². The molecule has 0 atom stereocenters. The molecule has 0 amide bonds. The van der Waals surface area contributed by atoms with Crippen LogP contribution >= 0.6 is 0 Å². The summed E-state index contributed by atoms with van der Waals surface area (Å²) in [6.07, 6.45) is 1.02. The summed E-state index contributed by atoms with van der Waals surface area (Å²) in [7, 11) is 0. The van der Waals surface area contributed by atoms with Crippen molar-refractivity contribution >= 4 is 23.1 Å². The molecule has 0 saturated heterocycles. The zero-order valence-electron chi connectivity index (χ0n) is 11.8. The molecular formula is C13H16FN3O4. The lowest BCUT2D eigenvalue weighted by atomic mass is 10.2. The molecular weight excluding hydrogens is 281 g/mol. The molecule has 1 aromatic rings. The van der Waals surface area contributed by atoms with Gasteiger partial charge >= 0.3 is 5.97 Å². The third-order valence-corrected chi connectivity index (χ3v) is 2.47. The molecule has 0 aliphatic carbocycles. The van der Waals surface area contributed by atoms with E-state index in [0.29, 0.717) is 12.8 Å². The van der Waals surface area contributed by atoms with Crippen molar-refractivity contribution in [2.24, 2.45) is 5.10 Å². The molecule has 7 nitrogen and oxygen atoms in total. The number of halogens is 1. The molecule has 1 aromatic carbocycles. The number of nitro groups is 1. The predicted molar refractivity (Wildman–Crippen MR) is 75.7 cm³/mol. The van der Waals surface area contributed by atoms with Crippen LogP contribution in [0.1, 0.15) is 26.7 Å². The maximum Gasteiger partial charge on any atom is 0.354 e. The molecule has 0 bridgehead atoms. The number of nitrogens with zero attached hydrogens (tertiary/aromatic N) is 2. The van der Waals surface area contributed by atoms with E-state index in [9.17, 15) is 19.3 Å². The average Bonchev–Trinajstić information content (AvgIpc) is 2.44. The molecule has 0 fully saturated rings. The van der Waals surface area contributed by atoms with Gasteiger partial charge in [-0.2, -0.15) is 5.10 Å². The van der Waals surface area contributed by atoms with Gasteiger partial charge in [0.05, 0.1) is 17.6 Å². The van der Waals surface area contributed by atoms with E-state index in [0.717, 1.165) is 12.1 Å². The highest BCUT2D eigenvalue weighted by atomic mass is 19.1. The molecule has 0 saturated carbocycles. The highest BCUT2D eigenvalue weighted by Gasteiger charge is 2.16. The second kappa shape index (κ2) is 7.93. The minimum Gasteiger partial charge on any atom is -0.461 e. The van der Waals surface area contributed by atoms with Crippen LogP contribution in [0.5, 0.6) is 0 Å². The number of rotatable bonds is 7. The van der Waals surface area contributed by atoms with E-state index in [1.807, 2.05) is 6.92 Å². The van der Waals surface area contributed by atoms with E-state index in [1.165, 1.54) is 6.07 Å². The zero-order valence-corrected chi connectivity index (χ0v) is 11.8. The molecule has 0 aliphatic heterocycles. The van der Waals surface area contributed by atoms with E-state index < -0.39 is 22.4 Å². The summed E-state index contributed by atoms with van der Waals surface area (Å²) in [5, 5.41) is 14.7. The molecule has 0 heterocycles. The lowest BCUT2D eigenvalue weighted by Crippen LogP contribution is -2.19. The van der Waals surface area contributed by atoms with Crippen molar-refractivity contribution < 1.29 is 18.8 Å². The summed E-state index contributed by atoms with van der Waals surface area (Å²) < 4.78 is 17.9. The Labute approximate surface area is 120 Å². The van der Waals surface area contributed by atoms with E-state index in [1.54, 1.807) is 6.92 Å². The van der Waals surface area contributed by atoms with Gasteiger partial charge in [-0.15, -0.1) is 0 Å². The Morgan fingerprint density at radius 2 is 2.19 bits per heavy atom. The van der Waals surface area contributed by atoms with Gasteiger partial charge < -0.3 is 4.74 Å². The van der Waals surface area contributed by atoms with Crippen LogP contribution in [-0.2, 0) is 9.53 Å².